The van der Waals surface area contributed by atoms with Crippen LogP contribution in [-0.4, -0.2) is 25.5 Å². The van der Waals surface area contributed by atoms with E-state index in [2.05, 4.69) is 41.0 Å². The third-order valence-corrected chi connectivity index (χ3v) is 6.01. The fraction of sp³-hybridized carbons (Fsp3) is 0.667. The molecule has 0 aromatic heterocycles. The molecule has 2 fully saturated rings. The van der Waals surface area contributed by atoms with Crippen LogP contribution >= 0.6 is 0 Å². The third-order valence-electron chi connectivity index (χ3n) is 6.01. The lowest BCUT2D eigenvalue weighted by atomic mass is 9.74. The van der Waals surface area contributed by atoms with E-state index in [9.17, 15) is 4.79 Å². The lowest BCUT2D eigenvalue weighted by Gasteiger charge is -2.34. The maximum Gasteiger partial charge on any atom is 0.220 e. The van der Waals surface area contributed by atoms with Gasteiger partial charge in [-0.25, -0.2) is 0 Å². The van der Waals surface area contributed by atoms with Crippen molar-refractivity contribution in [3.8, 4) is 0 Å². The molecule has 1 atom stereocenters. The standard InChI is InChI=1S/C21H32N2O/c24-20(11-10-18-12-15-22-16-18)23-17-21(13-6-1-2-7-14-21)19-8-4-3-5-9-19/h3-5,8-9,18,22H,1-2,6-7,10-17H2,(H,23,24). The van der Waals surface area contributed by atoms with Gasteiger partial charge in [-0.2, -0.15) is 0 Å². The Bertz CT molecular complexity index is 500. The molecular weight excluding hydrogens is 296 g/mol. The van der Waals surface area contributed by atoms with Gasteiger partial charge in [-0.05, 0) is 50.3 Å². The van der Waals surface area contributed by atoms with Gasteiger partial charge in [0, 0.05) is 18.4 Å². The van der Waals surface area contributed by atoms with Gasteiger partial charge < -0.3 is 10.6 Å². The molecule has 2 N–H and O–H groups in total. The van der Waals surface area contributed by atoms with Gasteiger partial charge in [0.2, 0.25) is 5.91 Å². The van der Waals surface area contributed by atoms with Crippen molar-refractivity contribution < 1.29 is 4.79 Å². The molecule has 0 radical (unpaired) electrons. The maximum absolute atomic E-state index is 12.4. The number of rotatable bonds is 6. The van der Waals surface area contributed by atoms with E-state index in [1.54, 1.807) is 0 Å². The fourth-order valence-corrected chi connectivity index (χ4v) is 4.42. The third kappa shape index (κ3) is 4.60. The van der Waals surface area contributed by atoms with Gasteiger partial charge >= 0.3 is 0 Å². The number of hydrogen-bond donors (Lipinski definition) is 2. The molecule has 2 aliphatic rings. The van der Waals surface area contributed by atoms with Crippen molar-refractivity contribution in [2.75, 3.05) is 19.6 Å². The molecule has 1 unspecified atom stereocenters. The molecule has 24 heavy (non-hydrogen) atoms. The second-order valence-electron chi connectivity index (χ2n) is 7.73. The van der Waals surface area contributed by atoms with Crippen LogP contribution in [0.15, 0.2) is 30.3 Å². The van der Waals surface area contributed by atoms with Crippen LogP contribution in [0.3, 0.4) is 0 Å². The van der Waals surface area contributed by atoms with E-state index >= 15 is 0 Å². The summed E-state index contributed by atoms with van der Waals surface area (Å²) in [7, 11) is 0. The molecule has 1 amide bonds. The summed E-state index contributed by atoms with van der Waals surface area (Å²) in [5, 5.41) is 6.67. The molecule has 1 saturated heterocycles. The van der Waals surface area contributed by atoms with Gasteiger partial charge in [-0.1, -0.05) is 56.0 Å². The fourth-order valence-electron chi connectivity index (χ4n) is 4.42. The van der Waals surface area contributed by atoms with Crippen LogP contribution in [0.1, 0.15) is 63.4 Å². The van der Waals surface area contributed by atoms with Crippen molar-refractivity contribution in [1.82, 2.24) is 10.6 Å². The predicted octanol–water partition coefficient (Wildman–Crippen LogP) is 3.78. The average molecular weight is 329 g/mol. The predicted molar refractivity (Wildman–Crippen MR) is 99.0 cm³/mol. The van der Waals surface area contributed by atoms with Crippen molar-refractivity contribution in [3.05, 3.63) is 35.9 Å². The number of carbonyl (C=O) groups is 1. The van der Waals surface area contributed by atoms with Crippen LogP contribution in [0, 0.1) is 5.92 Å². The molecule has 1 aliphatic heterocycles. The van der Waals surface area contributed by atoms with Crippen LogP contribution < -0.4 is 10.6 Å². The summed E-state index contributed by atoms with van der Waals surface area (Å²) in [5.74, 6) is 0.929. The highest BCUT2D eigenvalue weighted by molar-refractivity contribution is 5.76. The van der Waals surface area contributed by atoms with Crippen LogP contribution in [0.25, 0.3) is 0 Å². The molecule has 3 heteroatoms. The highest BCUT2D eigenvalue weighted by atomic mass is 16.1. The Morgan fingerprint density at radius 3 is 2.54 bits per heavy atom. The average Bonchev–Trinajstić information content (AvgIpc) is 3.03. The molecule has 0 bridgehead atoms. The molecule has 1 saturated carbocycles. The highest BCUT2D eigenvalue weighted by Gasteiger charge is 2.33. The zero-order valence-electron chi connectivity index (χ0n) is 14.9. The summed E-state index contributed by atoms with van der Waals surface area (Å²) < 4.78 is 0. The molecule has 3 rings (SSSR count). The Labute approximate surface area is 146 Å². The summed E-state index contributed by atoms with van der Waals surface area (Å²) in [5.41, 5.74) is 1.55. The van der Waals surface area contributed by atoms with Crippen LogP contribution in [0.2, 0.25) is 0 Å². The lowest BCUT2D eigenvalue weighted by molar-refractivity contribution is -0.121. The normalized spacial score (nSPS) is 23.6. The van der Waals surface area contributed by atoms with E-state index in [4.69, 9.17) is 0 Å². The quantitative estimate of drug-likeness (QED) is 0.780. The first kappa shape index (κ1) is 17.5. The summed E-state index contributed by atoms with van der Waals surface area (Å²) in [4.78, 5) is 12.4. The minimum atomic E-state index is 0.141. The molecule has 0 spiro atoms. The van der Waals surface area contributed by atoms with Crippen molar-refractivity contribution >= 4 is 5.91 Å². The van der Waals surface area contributed by atoms with Gasteiger partial charge in [-0.3, -0.25) is 4.79 Å². The van der Waals surface area contributed by atoms with E-state index in [1.807, 2.05) is 0 Å². The largest absolute Gasteiger partial charge is 0.355 e. The zero-order valence-corrected chi connectivity index (χ0v) is 14.9. The minimum Gasteiger partial charge on any atom is -0.355 e. The van der Waals surface area contributed by atoms with Crippen molar-refractivity contribution in [2.24, 2.45) is 5.92 Å². The molecule has 1 aliphatic carbocycles. The van der Waals surface area contributed by atoms with Gasteiger partial charge in [0.1, 0.15) is 0 Å². The van der Waals surface area contributed by atoms with E-state index in [-0.39, 0.29) is 11.3 Å². The molecule has 1 aromatic rings. The Kier molecular flexibility index (Phi) is 6.30. The van der Waals surface area contributed by atoms with Gasteiger partial charge in [0.25, 0.3) is 0 Å². The van der Waals surface area contributed by atoms with E-state index < -0.39 is 0 Å². The Morgan fingerprint density at radius 1 is 1.12 bits per heavy atom. The van der Waals surface area contributed by atoms with Crippen molar-refractivity contribution in [1.29, 1.82) is 0 Å². The van der Waals surface area contributed by atoms with E-state index in [0.29, 0.717) is 12.3 Å². The van der Waals surface area contributed by atoms with Crippen molar-refractivity contribution in [2.45, 2.75) is 63.2 Å². The zero-order chi connectivity index (χ0) is 16.7. The number of amides is 1. The van der Waals surface area contributed by atoms with Crippen LogP contribution in [0.5, 0.6) is 0 Å². The first-order chi connectivity index (χ1) is 11.8. The monoisotopic (exact) mass is 328 g/mol. The Balaban J connectivity index is 1.58. The van der Waals surface area contributed by atoms with Gasteiger partial charge in [0.05, 0.1) is 0 Å². The van der Waals surface area contributed by atoms with Crippen LogP contribution in [0.4, 0.5) is 0 Å². The topological polar surface area (TPSA) is 41.1 Å². The van der Waals surface area contributed by atoms with Crippen molar-refractivity contribution in [3.63, 3.8) is 0 Å². The first-order valence-corrected chi connectivity index (χ1v) is 9.81. The van der Waals surface area contributed by atoms with Gasteiger partial charge in [-0.15, -0.1) is 0 Å². The van der Waals surface area contributed by atoms with Gasteiger partial charge in [0.15, 0.2) is 0 Å². The molecule has 1 aromatic carbocycles. The smallest absolute Gasteiger partial charge is 0.220 e. The Morgan fingerprint density at radius 2 is 1.88 bits per heavy atom. The van der Waals surface area contributed by atoms with Crippen LogP contribution in [-0.2, 0) is 10.2 Å². The minimum absolute atomic E-state index is 0.141. The number of benzene rings is 1. The second-order valence-corrected chi connectivity index (χ2v) is 7.73. The number of hydrogen-bond acceptors (Lipinski definition) is 2. The molecule has 132 valence electrons. The summed E-state index contributed by atoms with van der Waals surface area (Å²) in [6.45, 7) is 3.00. The summed E-state index contributed by atoms with van der Waals surface area (Å²) in [6.07, 6.45) is 10.5. The SMILES string of the molecule is O=C(CCC1CCNC1)NCC1(c2ccccc2)CCCCCC1. The second kappa shape index (κ2) is 8.66. The summed E-state index contributed by atoms with van der Waals surface area (Å²) in [6, 6.07) is 10.9. The molecular formula is C21H32N2O. The lowest BCUT2D eigenvalue weighted by Crippen LogP contribution is -2.40. The molecule has 1 heterocycles. The number of nitrogens with one attached hydrogen (secondary N) is 2. The Hall–Kier alpha value is -1.35. The first-order valence-electron chi connectivity index (χ1n) is 9.81. The number of carbonyl (C=O) groups excluding carboxylic acids is 1. The van der Waals surface area contributed by atoms with E-state index in [0.717, 1.165) is 26.1 Å². The highest BCUT2D eigenvalue weighted by Crippen LogP contribution is 2.37. The van der Waals surface area contributed by atoms with E-state index in [1.165, 1.54) is 50.5 Å². The summed E-state index contributed by atoms with van der Waals surface area (Å²) >= 11 is 0. The molecule has 3 nitrogen and oxygen atoms in total. The maximum atomic E-state index is 12.4.